The number of carbonyl (C=O) groups excluding carboxylic acids is 1. The van der Waals surface area contributed by atoms with Crippen molar-refractivity contribution in [2.45, 2.75) is 45.6 Å². The van der Waals surface area contributed by atoms with Gasteiger partial charge in [-0.15, -0.1) is 0 Å². The lowest BCUT2D eigenvalue weighted by atomic mass is 9.93. The van der Waals surface area contributed by atoms with Crippen LogP contribution in [0, 0.1) is 5.92 Å². The van der Waals surface area contributed by atoms with Gasteiger partial charge >= 0.3 is 6.09 Å². The van der Waals surface area contributed by atoms with Crippen molar-refractivity contribution in [2.75, 3.05) is 25.0 Å². The number of phenols is 1. The molecule has 7 nitrogen and oxygen atoms in total. The van der Waals surface area contributed by atoms with Crippen molar-refractivity contribution in [1.29, 1.82) is 0 Å². The molecule has 3 N–H and O–H groups in total. The smallest absolute Gasteiger partial charge is 0.410 e. The Morgan fingerprint density at radius 3 is 2.68 bits per heavy atom. The third-order valence-electron chi connectivity index (χ3n) is 4.95. The van der Waals surface area contributed by atoms with E-state index in [9.17, 15) is 15.0 Å². The molecule has 1 aliphatic rings. The molecule has 1 aliphatic heterocycles. The van der Waals surface area contributed by atoms with Gasteiger partial charge in [-0.3, -0.25) is 4.98 Å². The van der Waals surface area contributed by atoms with Gasteiger partial charge in [0.15, 0.2) is 5.75 Å². The second-order valence-corrected chi connectivity index (χ2v) is 8.35. The van der Waals surface area contributed by atoms with Crippen LogP contribution in [0.1, 0.15) is 40.0 Å². The summed E-state index contributed by atoms with van der Waals surface area (Å²) in [6.07, 6.45) is 3.98. The van der Waals surface area contributed by atoms with Crippen molar-refractivity contribution in [2.24, 2.45) is 5.92 Å². The maximum atomic E-state index is 12.1. The van der Waals surface area contributed by atoms with E-state index in [0.717, 1.165) is 19.3 Å². The molecule has 1 saturated heterocycles. The number of aromatic hydroxyl groups is 2. The number of ether oxygens (including phenoxy) is 1. The van der Waals surface area contributed by atoms with Gasteiger partial charge in [-0.2, -0.15) is 0 Å². The highest BCUT2D eigenvalue weighted by Gasteiger charge is 2.26. The average Bonchev–Trinajstić information content (AvgIpc) is 2.62. The first kappa shape index (κ1) is 20.0. The fourth-order valence-electron chi connectivity index (χ4n) is 3.49. The SMILES string of the molecule is CC(C)(C)OC(=O)N1CCC(CCNc2c(O)cnc3ccc(O)cc23)CC1. The van der Waals surface area contributed by atoms with Gasteiger partial charge in [0.2, 0.25) is 0 Å². The number of piperidine rings is 1. The minimum Gasteiger partial charge on any atom is -0.508 e. The number of rotatable bonds is 4. The lowest BCUT2D eigenvalue weighted by Gasteiger charge is -2.33. The lowest BCUT2D eigenvalue weighted by Crippen LogP contribution is -2.41. The molecule has 0 unspecified atom stereocenters. The minimum absolute atomic E-state index is 0.0674. The quantitative estimate of drug-likeness (QED) is 0.731. The number of pyridine rings is 1. The summed E-state index contributed by atoms with van der Waals surface area (Å²) in [5, 5.41) is 23.9. The Labute approximate surface area is 165 Å². The van der Waals surface area contributed by atoms with Crippen LogP contribution in [0.15, 0.2) is 24.4 Å². The van der Waals surface area contributed by atoms with Gasteiger partial charge in [0.25, 0.3) is 0 Å². The van der Waals surface area contributed by atoms with Crippen LogP contribution in [0.5, 0.6) is 11.5 Å². The van der Waals surface area contributed by atoms with Gasteiger partial charge in [0, 0.05) is 25.0 Å². The van der Waals surface area contributed by atoms with Crippen LogP contribution in [0.2, 0.25) is 0 Å². The summed E-state index contributed by atoms with van der Waals surface area (Å²) in [7, 11) is 0. The molecule has 0 bridgehead atoms. The molecule has 152 valence electrons. The number of nitrogens with one attached hydrogen (secondary N) is 1. The van der Waals surface area contributed by atoms with Crippen molar-refractivity contribution in [3.8, 4) is 11.5 Å². The average molecular weight is 387 g/mol. The zero-order valence-corrected chi connectivity index (χ0v) is 16.7. The minimum atomic E-state index is -0.471. The zero-order chi connectivity index (χ0) is 20.3. The van der Waals surface area contributed by atoms with E-state index in [0.29, 0.717) is 42.1 Å². The van der Waals surface area contributed by atoms with Crippen LogP contribution in [0.25, 0.3) is 10.9 Å². The van der Waals surface area contributed by atoms with Crippen molar-refractivity contribution >= 4 is 22.7 Å². The number of nitrogens with zero attached hydrogens (tertiary/aromatic N) is 2. The highest BCUT2D eigenvalue weighted by molar-refractivity contribution is 5.94. The molecule has 1 aromatic heterocycles. The molecule has 0 saturated carbocycles. The van der Waals surface area contributed by atoms with Crippen LogP contribution in [0.4, 0.5) is 10.5 Å². The number of amides is 1. The molecule has 3 rings (SSSR count). The highest BCUT2D eigenvalue weighted by Crippen LogP contribution is 2.33. The molecule has 1 fully saturated rings. The van der Waals surface area contributed by atoms with E-state index in [1.807, 2.05) is 20.8 Å². The van der Waals surface area contributed by atoms with Crippen molar-refractivity contribution in [3.05, 3.63) is 24.4 Å². The van der Waals surface area contributed by atoms with Crippen LogP contribution < -0.4 is 5.32 Å². The number of carbonyl (C=O) groups is 1. The summed E-state index contributed by atoms with van der Waals surface area (Å²) in [5.41, 5.74) is 0.831. The van der Waals surface area contributed by atoms with E-state index in [-0.39, 0.29) is 17.6 Å². The molecule has 0 aliphatic carbocycles. The van der Waals surface area contributed by atoms with E-state index >= 15 is 0 Å². The first-order chi connectivity index (χ1) is 13.2. The largest absolute Gasteiger partial charge is 0.508 e. The Morgan fingerprint density at radius 2 is 2.00 bits per heavy atom. The van der Waals surface area contributed by atoms with E-state index in [1.165, 1.54) is 6.20 Å². The normalized spacial score (nSPS) is 15.6. The molecule has 0 radical (unpaired) electrons. The summed E-state index contributed by atoms with van der Waals surface area (Å²) in [5.74, 6) is 0.713. The van der Waals surface area contributed by atoms with Gasteiger partial charge in [-0.05, 0) is 64.2 Å². The first-order valence-corrected chi connectivity index (χ1v) is 9.75. The molecule has 28 heavy (non-hydrogen) atoms. The molecule has 0 atom stereocenters. The Bertz CT molecular complexity index is 834. The van der Waals surface area contributed by atoms with Crippen LogP contribution >= 0.6 is 0 Å². The summed E-state index contributed by atoms with van der Waals surface area (Å²) in [6.45, 7) is 7.73. The molecular formula is C21H29N3O4. The van der Waals surface area contributed by atoms with E-state index < -0.39 is 5.60 Å². The Morgan fingerprint density at radius 1 is 1.29 bits per heavy atom. The van der Waals surface area contributed by atoms with Gasteiger partial charge < -0.3 is 25.2 Å². The number of phenolic OH excluding ortho intramolecular Hbond substituents is 1. The zero-order valence-electron chi connectivity index (χ0n) is 16.7. The third kappa shape index (κ3) is 4.97. The Balaban J connectivity index is 1.52. The van der Waals surface area contributed by atoms with E-state index in [4.69, 9.17) is 4.74 Å². The standard InChI is InChI=1S/C21H29N3O4/c1-21(2,3)28-20(27)24-10-7-14(8-11-24)6-9-22-19-16-12-15(25)4-5-17(16)23-13-18(19)26/h4-5,12-14,25-26H,6-11H2,1-3H3,(H,22,23). The number of anilines is 1. The number of likely N-dealkylation sites (tertiary alicyclic amines) is 1. The fraction of sp³-hybridized carbons (Fsp3) is 0.524. The van der Waals surface area contributed by atoms with Crippen LogP contribution in [0.3, 0.4) is 0 Å². The number of hydrogen-bond donors (Lipinski definition) is 3. The van der Waals surface area contributed by atoms with Crippen molar-refractivity contribution < 1.29 is 19.7 Å². The number of benzene rings is 1. The molecular weight excluding hydrogens is 358 g/mol. The molecule has 0 spiro atoms. The first-order valence-electron chi connectivity index (χ1n) is 9.75. The van der Waals surface area contributed by atoms with Gasteiger partial charge in [-0.1, -0.05) is 0 Å². The van der Waals surface area contributed by atoms with Crippen molar-refractivity contribution in [1.82, 2.24) is 9.88 Å². The second-order valence-electron chi connectivity index (χ2n) is 8.35. The number of fused-ring (bicyclic) bond motifs is 1. The maximum absolute atomic E-state index is 12.1. The van der Waals surface area contributed by atoms with Crippen LogP contribution in [-0.4, -0.2) is 51.4 Å². The maximum Gasteiger partial charge on any atom is 0.410 e. The highest BCUT2D eigenvalue weighted by atomic mass is 16.6. The van der Waals surface area contributed by atoms with Crippen molar-refractivity contribution in [3.63, 3.8) is 0 Å². The topological polar surface area (TPSA) is 94.9 Å². The lowest BCUT2D eigenvalue weighted by molar-refractivity contribution is 0.0182. The number of hydrogen-bond acceptors (Lipinski definition) is 6. The Hall–Kier alpha value is -2.70. The predicted molar refractivity (Wildman–Crippen MR) is 109 cm³/mol. The number of aromatic nitrogens is 1. The molecule has 7 heteroatoms. The van der Waals surface area contributed by atoms with Gasteiger partial charge in [-0.25, -0.2) is 4.79 Å². The Kier molecular flexibility index (Phi) is 5.82. The molecule has 1 aromatic carbocycles. The second kappa shape index (κ2) is 8.12. The molecule has 2 aromatic rings. The van der Waals surface area contributed by atoms with Gasteiger partial charge in [0.05, 0.1) is 17.4 Å². The van der Waals surface area contributed by atoms with Crippen LogP contribution in [-0.2, 0) is 4.74 Å². The van der Waals surface area contributed by atoms with Gasteiger partial charge in [0.1, 0.15) is 11.4 Å². The molecule has 2 heterocycles. The van der Waals surface area contributed by atoms with E-state index in [2.05, 4.69) is 10.3 Å². The molecule has 1 amide bonds. The van der Waals surface area contributed by atoms with E-state index in [1.54, 1.807) is 23.1 Å². The summed E-state index contributed by atoms with van der Waals surface area (Å²) in [6, 6.07) is 4.90. The monoisotopic (exact) mass is 387 g/mol. The summed E-state index contributed by atoms with van der Waals surface area (Å²) < 4.78 is 5.44. The summed E-state index contributed by atoms with van der Waals surface area (Å²) >= 11 is 0. The fourth-order valence-corrected chi connectivity index (χ4v) is 3.49. The summed E-state index contributed by atoms with van der Waals surface area (Å²) in [4.78, 5) is 18.1. The predicted octanol–water partition coefficient (Wildman–Crippen LogP) is 4.10. The third-order valence-corrected chi connectivity index (χ3v) is 4.95.